The van der Waals surface area contributed by atoms with Crippen LogP contribution in [0, 0.1) is 34.0 Å². The lowest BCUT2D eigenvalue weighted by atomic mass is 9.41. The zero-order valence-corrected chi connectivity index (χ0v) is 17.7. The van der Waals surface area contributed by atoms with Gasteiger partial charge in [0.1, 0.15) is 0 Å². The Bertz CT molecular complexity index is 782. The van der Waals surface area contributed by atoms with Gasteiger partial charge >= 0.3 is 0 Å². The van der Waals surface area contributed by atoms with Crippen LogP contribution in [0.4, 0.5) is 0 Å². The van der Waals surface area contributed by atoms with Crippen LogP contribution < -0.4 is 0 Å². The lowest BCUT2D eigenvalue weighted by Gasteiger charge is -2.63. The van der Waals surface area contributed by atoms with Crippen LogP contribution in [0.5, 0.6) is 0 Å². The molecule has 0 amide bonds. The smallest absolute Gasteiger partial charge is 0.156 e. The summed E-state index contributed by atoms with van der Waals surface area (Å²) in [6, 6.07) is 0. The van der Waals surface area contributed by atoms with Crippen molar-refractivity contribution in [3.8, 4) is 0 Å². The maximum Gasteiger partial charge on any atom is 0.156 e. The van der Waals surface area contributed by atoms with Crippen LogP contribution in [0.1, 0.15) is 85.5 Å². The van der Waals surface area contributed by atoms with Crippen molar-refractivity contribution < 1.29 is 4.79 Å². The van der Waals surface area contributed by atoms with Crippen molar-refractivity contribution in [1.82, 2.24) is 0 Å². The van der Waals surface area contributed by atoms with E-state index in [2.05, 4.69) is 39.8 Å². The highest BCUT2D eigenvalue weighted by Gasteiger charge is 2.59. The fraction of sp³-hybridized carbons (Fsp3) is 0.731. The Balaban J connectivity index is 1.60. The van der Waals surface area contributed by atoms with E-state index in [1.54, 1.807) is 5.57 Å². The van der Waals surface area contributed by atoms with Gasteiger partial charge in [0.2, 0.25) is 0 Å². The lowest BCUT2D eigenvalue weighted by molar-refractivity contribution is -0.115. The number of fused-ring (bicyclic) bond motifs is 7. The van der Waals surface area contributed by atoms with Crippen molar-refractivity contribution in [1.29, 1.82) is 0 Å². The van der Waals surface area contributed by atoms with Gasteiger partial charge in [-0.1, -0.05) is 58.3 Å². The second kappa shape index (κ2) is 5.71. The number of hydrogen-bond acceptors (Lipinski definition) is 1. The second-order valence-electron chi connectivity index (χ2n) is 11.2. The van der Waals surface area contributed by atoms with Crippen LogP contribution in [0.2, 0.25) is 0 Å². The van der Waals surface area contributed by atoms with Gasteiger partial charge in [0.15, 0.2) is 5.78 Å². The molecule has 0 aromatic carbocycles. The molecule has 0 heterocycles. The molecule has 1 heteroatoms. The van der Waals surface area contributed by atoms with Gasteiger partial charge in [-0.2, -0.15) is 0 Å². The first kappa shape index (κ1) is 18.0. The van der Waals surface area contributed by atoms with Gasteiger partial charge in [-0.3, -0.25) is 4.79 Å². The summed E-state index contributed by atoms with van der Waals surface area (Å²) in [4.78, 5) is 12.4. The van der Waals surface area contributed by atoms with Gasteiger partial charge in [-0.25, -0.2) is 0 Å². The standard InChI is InChI=1S/C26H36O/c1-17-15-18(27)16-22-19(17)8-9-23-25(22,3)12-10-21-20-7-5-6-11-24(20,2)13-14-26(21,23)4/h8-9,16-17,20-21H,5-7,10-15H2,1-4H3. The topological polar surface area (TPSA) is 17.1 Å². The molecule has 1 nitrogen and oxygen atoms in total. The Morgan fingerprint density at radius 1 is 0.926 bits per heavy atom. The van der Waals surface area contributed by atoms with Crippen LogP contribution in [0.3, 0.4) is 0 Å². The van der Waals surface area contributed by atoms with E-state index < -0.39 is 0 Å². The van der Waals surface area contributed by atoms with E-state index in [0.29, 0.717) is 29.0 Å². The first-order valence-electron chi connectivity index (χ1n) is 11.5. The fourth-order valence-corrected chi connectivity index (χ4v) is 8.20. The predicted octanol–water partition coefficient (Wildman–Crippen LogP) is 6.80. The van der Waals surface area contributed by atoms with Crippen molar-refractivity contribution >= 4 is 5.78 Å². The van der Waals surface area contributed by atoms with Crippen molar-refractivity contribution in [2.75, 3.05) is 0 Å². The minimum absolute atomic E-state index is 0.0854. The van der Waals surface area contributed by atoms with Crippen molar-refractivity contribution in [2.24, 2.45) is 34.0 Å². The molecule has 6 atom stereocenters. The Morgan fingerprint density at radius 2 is 1.74 bits per heavy atom. The molecule has 27 heavy (non-hydrogen) atoms. The molecule has 0 bridgehead atoms. The van der Waals surface area contributed by atoms with E-state index in [0.717, 1.165) is 11.8 Å². The average Bonchev–Trinajstić information content (AvgIpc) is 2.62. The fourth-order valence-electron chi connectivity index (χ4n) is 8.20. The minimum Gasteiger partial charge on any atom is -0.295 e. The predicted molar refractivity (Wildman–Crippen MR) is 111 cm³/mol. The number of carbonyl (C=O) groups excluding carboxylic acids is 1. The van der Waals surface area contributed by atoms with E-state index in [4.69, 9.17) is 0 Å². The zero-order valence-electron chi connectivity index (χ0n) is 17.7. The van der Waals surface area contributed by atoms with Gasteiger partial charge < -0.3 is 0 Å². The summed E-state index contributed by atoms with van der Waals surface area (Å²) < 4.78 is 0. The van der Waals surface area contributed by atoms with E-state index >= 15 is 0 Å². The molecule has 0 radical (unpaired) electrons. The molecule has 146 valence electrons. The van der Waals surface area contributed by atoms with Gasteiger partial charge in [0, 0.05) is 11.8 Å². The first-order valence-corrected chi connectivity index (χ1v) is 11.5. The van der Waals surface area contributed by atoms with Crippen LogP contribution in [-0.4, -0.2) is 5.78 Å². The molecule has 5 aliphatic rings. The van der Waals surface area contributed by atoms with E-state index in [1.807, 2.05) is 6.08 Å². The molecule has 0 aromatic heterocycles. The molecule has 0 N–H and O–H groups in total. The highest BCUT2D eigenvalue weighted by molar-refractivity contribution is 5.94. The summed E-state index contributed by atoms with van der Waals surface area (Å²) in [6.07, 6.45) is 18.7. The molecule has 0 aromatic rings. The van der Waals surface area contributed by atoms with Crippen LogP contribution in [0.15, 0.2) is 34.9 Å². The highest BCUT2D eigenvalue weighted by atomic mass is 16.1. The average molecular weight is 365 g/mol. The molecule has 0 aliphatic heterocycles. The van der Waals surface area contributed by atoms with E-state index in [1.165, 1.54) is 62.5 Å². The summed E-state index contributed by atoms with van der Waals surface area (Å²) in [7, 11) is 0. The lowest BCUT2D eigenvalue weighted by Crippen LogP contribution is -2.54. The quantitative estimate of drug-likeness (QED) is 0.462. The molecule has 0 saturated heterocycles. The number of carbonyl (C=O) groups is 1. The van der Waals surface area contributed by atoms with E-state index in [-0.39, 0.29) is 5.41 Å². The Hall–Kier alpha value is -1.11. The maximum absolute atomic E-state index is 12.4. The summed E-state index contributed by atoms with van der Waals surface area (Å²) >= 11 is 0. The summed E-state index contributed by atoms with van der Waals surface area (Å²) in [5.74, 6) is 2.46. The number of hydrogen-bond donors (Lipinski definition) is 0. The molecule has 0 spiro atoms. The Morgan fingerprint density at radius 3 is 2.56 bits per heavy atom. The third-order valence-corrected chi connectivity index (χ3v) is 9.77. The minimum atomic E-state index is 0.0854. The second-order valence-corrected chi connectivity index (χ2v) is 11.2. The number of rotatable bonds is 0. The normalized spacial score (nSPS) is 49.0. The molecule has 3 fully saturated rings. The monoisotopic (exact) mass is 364 g/mol. The summed E-state index contributed by atoms with van der Waals surface area (Å²) in [6.45, 7) is 9.88. The Kier molecular flexibility index (Phi) is 3.79. The van der Waals surface area contributed by atoms with Crippen LogP contribution in [-0.2, 0) is 4.79 Å². The number of ketones is 1. The summed E-state index contributed by atoms with van der Waals surface area (Å²) in [5, 5.41) is 0. The van der Waals surface area contributed by atoms with E-state index in [9.17, 15) is 4.79 Å². The third-order valence-electron chi connectivity index (χ3n) is 9.77. The van der Waals surface area contributed by atoms with Crippen LogP contribution in [0.25, 0.3) is 0 Å². The van der Waals surface area contributed by atoms with Gasteiger partial charge in [-0.05, 0) is 84.3 Å². The van der Waals surface area contributed by atoms with Gasteiger partial charge in [-0.15, -0.1) is 0 Å². The Labute approximate surface area is 165 Å². The zero-order chi connectivity index (χ0) is 19.0. The van der Waals surface area contributed by atoms with Gasteiger partial charge in [0.25, 0.3) is 0 Å². The number of allylic oxidation sites excluding steroid dienone is 6. The summed E-state index contributed by atoms with van der Waals surface area (Å²) in [5.41, 5.74) is 5.47. The molecule has 6 unspecified atom stereocenters. The molecular weight excluding hydrogens is 328 g/mol. The third kappa shape index (κ3) is 2.33. The molecular formula is C26H36O. The molecule has 5 aliphatic carbocycles. The maximum atomic E-state index is 12.4. The van der Waals surface area contributed by atoms with Crippen LogP contribution >= 0.6 is 0 Å². The molecule has 3 saturated carbocycles. The molecule has 5 rings (SSSR count). The van der Waals surface area contributed by atoms with Gasteiger partial charge in [0.05, 0.1) is 0 Å². The SMILES string of the molecule is CC1CC(=O)C=C2C1=CC=C1C2(C)CCC2C3CCCCC3(C)CCC12C. The highest BCUT2D eigenvalue weighted by Crippen LogP contribution is 2.69. The van der Waals surface area contributed by atoms with Crippen molar-refractivity contribution in [3.05, 3.63) is 34.9 Å². The van der Waals surface area contributed by atoms with Crippen molar-refractivity contribution in [2.45, 2.75) is 85.5 Å². The largest absolute Gasteiger partial charge is 0.295 e. The first-order chi connectivity index (χ1) is 12.8. The van der Waals surface area contributed by atoms with Crippen molar-refractivity contribution in [3.63, 3.8) is 0 Å².